The maximum Gasteiger partial charge on any atom is 0.416 e. The highest BCUT2D eigenvalue weighted by Crippen LogP contribution is 2.34. The predicted molar refractivity (Wildman–Crippen MR) is 69.2 cm³/mol. The quantitative estimate of drug-likeness (QED) is 0.730. The van der Waals surface area contributed by atoms with Gasteiger partial charge in [-0.2, -0.15) is 13.2 Å². The molecule has 0 saturated heterocycles. The minimum atomic E-state index is -4.54. The smallest absolute Gasteiger partial charge is 0.416 e. The molecule has 7 heteroatoms. The van der Waals surface area contributed by atoms with E-state index >= 15 is 0 Å². The lowest BCUT2D eigenvalue weighted by Gasteiger charge is -2.16. The number of rotatable bonds is 5. The molecule has 0 saturated carbocycles. The zero-order chi connectivity index (χ0) is 15.3. The number of alkyl halides is 3. The van der Waals surface area contributed by atoms with Gasteiger partial charge >= 0.3 is 6.18 Å². The van der Waals surface area contributed by atoms with Gasteiger partial charge in [0, 0.05) is 6.54 Å². The van der Waals surface area contributed by atoms with E-state index in [-0.39, 0.29) is 12.2 Å². The van der Waals surface area contributed by atoms with Crippen LogP contribution in [0.3, 0.4) is 0 Å². The second-order valence-corrected chi connectivity index (χ2v) is 4.44. The minimum absolute atomic E-state index is 0.0966. The first-order valence-corrected chi connectivity index (χ1v) is 6.20. The molecule has 0 aromatic heterocycles. The van der Waals surface area contributed by atoms with Gasteiger partial charge in [-0.15, -0.1) is 0 Å². The van der Waals surface area contributed by atoms with Crippen molar-refractivity contribution in [3.05, 3.63) is 23.8 Å². The first kappa shape index (κ1) is 16.3. The summed E-state index contributed by atoms with van der Waals surface area (Å²) in [6.45, 7) is 1.97. The molecule has 1 unspecified atom stereocenters. The Hall–Kier alpha value is -1.76. The zero-order valence-corrected chi connectivity index (χ0v) is 11.0. The van der Waals surface area contributed by atoms with Gasteiger partial charge < -0.3 is 16.2 Å². The predicted octanol–water partition coefficient (Wildman–Crippen LogP) is 2.72. The number of hydrogen-bond acceptors (Lipinski definition) is 3. The van der Waals surface area contributed by atoms with Crippen molar-refractivity contribution in [1.29, 1.82) is 0 Å². The second-order valence-electron chi connectivity index (χ2n) is 4.44. The summed E-state index contributed by atoms with van der Waals surface area (Å²) < 4.78 is 37.7. The first-order chi connectivity index (χ1) is 9.29. The monoisotopic (exact) mass is 290 g/mol. The Balaban J connectivity index is 2.94. The van der Waals surface area contributed by atoms with Gasteiger partial charge in [0.15, 0.2) is 0 Å². The van der Waals surface area contributed by atoms with Gasteiger partial charge in [0.2, 0.25) is 5.91 Å². The minimum Gasteiger partial charge on any atom is -0.506 e. The third-order valence-electron chi connectivity index (χ3n) is 2.87. The highest BCUT2D eigenvalue weighted by molar-refractivity contribution is 5.94. The standard InChI is InChI=1S/C13H17F3N2O2/c1-2-3-8(7-17)12(20)18-10-6-9(13(14,15)16)4-5-11(10)19/h4-6,8,19H,2-3,7,17H2,1H3,(H,18,20). The van der Waals surface area contributed by atoms with Crippen LogP contribution in [0.5, 0.6) is 5.75 Å². The number of nitrogens with two attached hydrogens (primary N) is 1. The molecule has 0 aliphatic carbocycles. The highest BCUT2D eigenvalue weighted by Gasteiger charge is 2.31. The molecule has 1 aromatic rings. The molecule has 0 fully saturated rings. The third kappa shape index (κ3) is 4.12. The van der Waals surface area contributed by atoms with Crippen molar-refractivity contribution >= 4 is 11.6 Å². The van der Waals surface area contributed by atoms with Crippen molar-refractivity contribution < 1.29 is 23.1 Å². The van der Waals surface area contributed by atoms with Crippen molar-refractivity contribution in [1.82, 2.24) is 0 Å². The molecule has 1 rings (SSSR count). The molecule has 0 aliphatic rings. The molecule has 0 aliphatic heterocycles. The summed E-state index contributed by atoms with van der Waals surface area (Å²) in [7, 11) is 0. The second kappa shape index (κ2) is 6.60. The van der Waals surface area contributed by atoms with Gasteiger partial charge in [-0.05, 0) is 24.6 Å². The maximum atomic E-state index is 12.6. The Morgan fingerprint density at radius 2 is 2.10 bits per heavy atom. The van der Waals surface area contributed by atoms with E-state index in [2.05, 4.69) is 5.32 Å². The lowest BCUT2D eigenvalue weighted by molar-refractivity contribution is -0.137. The highest BCUT2D eigenvalue weighted by atomic mass is 19.4. The number of phenolic OH excluding ortho intramolecular Hbond substituents is 1. The van der Waals surface area contributed by atoms with Crippen molar-refractivity contribution in [2.24, 2.45) is 11.7 Å². The molecule has 4 N–H and O–H groups in total. The number of anilines is 1. The number of nitrogens with one attached hydrogen (secondary N) is 1. The summed E-state index contributed by atoms with van der Waals surface area (Å²) >= 11 is 0. The molecule has 4 nitrogen and oxygen atoms in total. The number of carbonyl (C=O) groups is 1. The van der Waals surface area contributed by atoms with E-state index in [1.165, 1.54) is 0 Å². The average Bonchev–Trinajstić information content (AvgIpc) is 2.37. The number of carbonyl (C=O) groups excluding carboxylic acids is 1. The molecule has 0 heterocycles. The largest absolute Gasteiger partial charge is 0.506 e. The lowest BCUT2D eigenvalue weighted by atomic mass is 10.0. The summed E-state index contributed by atoms with van der Waals surface area (Å²) in [5.74, 6) is -1.41. The van der Waals surface area contributed by atoms with Crippen LogP contribution in [0, 0.1) is 5.92 Å². The fourth-order valence-electron chi connectivity index (χ4n) is 1.75. The zero-order valence-electron chi connectivity index (χ0n) is 11.0. The molecule has 1 atom stereocenters. The van der Waals surface area contributed by atoms with Crippen molar-refractivity contribution in [2.45, 2.75) is 25.9 Å². The summed E-state index contributed by atoms with van der Waals surface area (Å²) in [5, 5.41) is 11.8. The van der Waals surface area contributed by atoms with E-state index < -0.39 is 29.3 Å². The number of benzene rings is 1. The Kier molecular flexibility index (Phi) is 5.38. The molecular formula is C13H17F3N2O2. The summed E-state index contributed by atoms with van der Waals surface area (Å²) in [4.78, 5) is 11.9. The van der Waals surface area contributed by atoms with Gasteiger partial charge in [0.25, 0.3) is 0 Å². The average molecular weight is 290 g/mol. The summed E-state index contributed by atoms with van der Waals surface area (Å²) in [5.41, 5.74) is 4.24. The Morgan fingerprint density at radius 3 is 2.60 bits per heavy atom. The molecule has 1 amide bonds. The van der Waals surface area contributed by atoms with E-state index in [4.69, 9.17) is 5.73 Å². The van der Waals surface area contributed by atoms with Crippen LogP contribution in [0.25, 0.3) is 0 Å². The summed E-state index contributed by atoms with van der Waals surface area (Å²) in [6.07, 6.45) is -3.28. The SMILES string of the molecule is CCCC(CN)C(=O)Nc1cc(C(F)(F)F)ccc1O. The van der Waals surface area contributed by atoms with E-state index in [1.54, 1.807) is 0 Å². The number of amides is 1. The molecular weight excluding hydrogens is 273 g/mol. The third-order valence-corrected chi connectivity index (χ3v) is 2.87. The topological polar surface area (TPSA) is 75.4 Å². The molecule has 0 radical (unpaired) electrons. The molecule has 0 bridgehead atoms. The number of hydrogen-bond donors (Lipinski definition) is 3. The number of halogens is 3. The van der Waals surface area contributed by atoms with Crippen LogP contribution < -0.4 is 11.1 Å². The molecule has 112 valence electrons. The normalized spacial score (nSPS) is 13.1. The molecule has 0 spiro atoms. The summed E-state index contributed by atoms with van der Waals surface area (Å²) in [6, 6.07) is 2.35. The van der Waals surface area contributed by atoms with Crippen molar-refractivity contribution in [2.75, 3.05) is 11.9 Å². The number of phenols is 1. The van der Waals surface area contributed by atoms with Crippen LogP contribution in [-0.4, -0.2) is 17.6 Å². The molecule has 1 aromatic carbocycles. The Morgan fingerprint density at radius 1 is 1.45 bits per heavy atom. The van der Waals surface area contributed by atoms with Crippen LogP contribution in [0.15, 0.2) is 18.2 Å². The van der Waals surface area contributed by atoms with Crippen LogP contribution in [-0.2, 0) is 11.0 Å². The first-order valence-electron chi connectivity index (χ1n) is 6.20. The van der Waals surface area contributed by atoms with Gasteiger partial charge in [-0.1, -0.05) is 13.3 Å². The maximum absolute atomic E-state index is 12.6. The van der Waals surface area contributed by atoms with E-state index in [0.717, 1.165) is 18.6 Å². The van der Waals surface area contributed by atoms with Crippen LogP contribution in [0.4, 0.5) is 18.9 Å². The Bertz CT molecular complexity index is 475. The van der Waals surface area contributed by atoms with Crippen LogP contribution in [0.2, 0.25) is 0 Å². The van der Waals surface area contributed by atoms with Crippen molar-refractivity contribution in [3.8, 4) is 5.75 Å². The van der Waals surface area contributed by atoms with Gasteiger partial charge in [-0.3, -0.25) is 4.79 Å². The van der Waals surface area contributed by atoms with Gasteiger partial charge in [0.05, 0.1) is 17.2 Å². The van der Waals surface area contributed by atoms with Crippen molar-refractivity contribution in [3.63, 3.8) is 0 Å². The van der Waals surface area contributed by atoms with Crippen LogP contribution in [0.1, 0.15) is 25.3 Å². The fourth-order valence-corrected chi connectivity index (χ4v) is 1.75. The lowest BCUT2D eigenvalue weighted by Crippen LogP contribution is -2.29. The Labute approximate surface area is 114 Å². The van der Waals surface area contributed by atoms with Crippen LogP contribution >= 0.6 is 0 Å². The van der Waals surface area contributed by atoms with Gasteiger partial charge in [0.1, 0.15) is 5.75 Å². The fraction of sp³-hybridized carbons (Fsp3) is 0.462. The van der Waals surface area contributed by atoms with E-state index in [0.29, 0.717) is 12.5 Å². The van der Waals surface area contributed by atoms with E-state index in [9.17, 15) is 23.1 Å². The molecule has 20 heavy (non-hydrogen) atoms. The van der Waals surface area contributed by atoms with E-state index in [1.807, 2.05) is 6.92 Å². The van der Waals surface area contributed by atoms with Gasteiger partial charge in [-0.25, -0.2) is 0 Å². The number of aromatic hydroxyl groups is 1.